The van der Waals surface area contributed by atoms with Gasteiger partial charge in [0.15, 0.2) is 0 Å². The summed E-state index contributed by atoms with van der Waals surface area (Å²) in [6.45, 7) is 4.67. The Morgan fingerprint density at radius 3 is 2.77 bits per heavy atom. The Balaban J connectivity index is 1.31. The molecule has 0 spiro atoms. The van der Waals surface area contributed by atoms with Crippen molar-refractivity contribution in [1.29, 1.82) is 0 Å². The number of fused-ring (bicyclic) bond motifs is 5. The number of carbonyl (C=O) groups excluding carboxylic acids is 2. The highest BCUT2D eigenvalue weighted by molar-refractivity contribution is 14.1. The molecule has 0 heterocycles. The number of carbonyl (C=O) groups is 2. The fourth-order valence-corrected chi connectivity index (χ4v) is 7.75. The highest BCUT2D eigenvalue weighted by atomic mass is 127. The van der Waals surface area contributed by atoms with Crippen molar-refractivity contribution in [3.63, 3.8) is 0 Å². The van der Waals surface area contributed by atoms with Crippen molar-refractivity contribution in [2.75, 3.05) is 0 Å². The molecule has 0 amide bonds. The highest BCUT2D eigenvalue weighted by Crippen LogP contribution is 2.63. The van der Waals surface area contributed by atoms with Crippen molar-refractivity contribution in [2.45, 2.75) is 71.3 Å². The number of rotatable bonds is 2. The summed E-state index contributed by atoms with van der Waals surface area (Å²) in [6.07, 6.45) is 10.6. The summed E-state index contributed by atoms with van der Waals surface area (Å²) in [5.74, 6) is 2.00. The second-order valence-electron chi connectivity index (χ2n) is 10.5. The Labute approximate surface area is 193 Å². The van der Waals surface area contributed by atoms with Crippen LogP contribution in [-0.2, 0) is 9.53 Å². The minimum absolute atomic E-state index is 0.0208. The van der Waals surface area contributed by atoms with E-state index in [1.807, 2.05) is 24.3 Å². The maximum Gasteiger partial charge on any atom is 0.338 e. The lowest BCUT2D eigenvalue weighted by atomic mass is 9.49. The van der Waals surface area contributed by atoms with Gasteiger partial charge in [0.1, 0.15) is 11.9 Å². The molecule has 0 N–H and O–H groups in total. The van der Waals surface area contributed by atoms with Gasteiger partial charge < -0.3 is 4.74 Å². The van der Waals surface area contributed by atoms with Crippen molar-refractivity contribution >= 4 is 34.3 Å². The summed E-state index contributed by atoms with van der Waals surface area (Å²) in [7, 11) is 0. The Morgan fingerprint density at radius 2 is 1.97 bits per heavy atom. The molecule has 4 aliphatic carbocycles. The van der Waals surface area contributed by atoms with Crippen molar-refractivity contribution in [3.05, 3.63) is 45.0 Å². The van der Waals surface area contributed by atoms with Crippen LogP contribution in [0.15, 0.2) is 35.9 Å². The molecule has 30 heavy (non-hydrogen) atoms. The lowest BCUT2D eigenvalue weighted by molar-refractivity contribution is -0.127. The molecule has 0 aromatic heterocycles. The van der Waals surface area contributed by atoms with Gasteiger partial charge in [-0.25, -0.2) is 4.79 Å². The Hall–Kier alpha value is -1.17. The predicted octanol–water partition coefficient (Wildman–Crippen LogP) is 6.35. The Kier molecular flexibility index (Phi) is 5.15. The molecule has 3 fully saturated rings. The monoisotopic (exact) mass is 518 g/mol. The van der Waals surface area contributed by atoms with E-state index in [1.54, 1.807) is 5.57 Å². The first-order chi connectivity index (χ1) is 14.3. The molecular formula is C26H31IO3. The average Bonchev–Trinajstić information content (AvgIpc) is 3.03. The molecule has 0 unspecified atom stereocenters. The molecule has 160 valence electrons. The number of Topliss-reactive ketones (excluding diaryl/α,β-unsaturated/α-hetero) is 1. The van der Waals surface area contributed by atoms with Crippen LogP contribution in [0.25, 0.3) is 0 Å². The second kappa shape index (κ2) is 7.46. The number of esters is 1. The van der Waals surface area contributed by atoms with Crippen molar-refractivity contribution < 1.29 is 14.3 Å². The van der Waals surface area contributed by atoms with Gasteiger partial charge in [-0.3, -0.25) is 4.79 Å². The molecule has 0 radical (unpaired) electrons. The quantitative estimate of drug-likeness (QED) is 0.261. The van der Waals surface area contributed by atoms with Crippen molar-refractivity contribution in [2.24, 2.45) is 28.6 Å². The normalized spacial score (nSPS) is 40.1. The number of benzene rings is 1. The average molecular weight is 518 g/mol. The number of allylic oxidation sites excluding steroid dienone is 2. The van der Waals surface area contributed by atoms with Gasteiger partial charge in [-0.2, -0.15) is 0 Å². The molecule has 0 saturated heterocycles. The molecule has 3 nitrogen and oxygen atoms in total. The van der Waals surface area contributed by atoms with Crippen LogP contribution in [0.5, 0.6) is 0 Å². The third-order valence-corrected chi connectivity index (χ3v) is 9.69. The molecule has 4 aliphatic rings. The zero-order valence-corrected chi connectivity index (χ0v) is 20.1. The molecule has 3 saturated carbocycles. The third-order valence-electron chi connectivity index (χ3n) is 9.02. The molecule has 4 heteroatoms. The summed E-state index contributed by atoms with van der Waals surface area (Å²) in [4.78, 5) is 25.2. The van der Waals surface area contributed by atoms with Crippen LogP contribution < -0.4 is 0 Å². The van der Waals surface area contributed by atoms with E-state index in [4.69, 9.17) is 4.74 Å². The van der Waals surface area contributed by atoms with Gasteiger partial charge in [-0.1, -0.05) is 31.6 Å². The smallest absolute Gasteiger partial charge is 0.338 e. The lowest BCUT2D eigenvalue weighted by Crippen LogP contribution is -2.49. The maximum absolute atomic E-state index is 12.7. The van der Waals surface area contributed by atoms with Gasteiger partial charge in [-0.05, 0) is 109 Å². The fourth-order valence-electron chi connectivity index (χ4n) is 7.21. The summed E-state index contributed by atoms with van der Waals surface area (Å²) in [5, 5.41) is 0. The molecule has 5 rings (SSSR count). The van der Waals surface area contributed by atoms with Crippen molar-refractivity contribution in [1.82, 2.24) is 0 Å². The number of ether oxygens (including phenoxy) is 1. The zero-order valence-electron chi connectivity index (χ0n) is 18.0. The standard InChI is InChI=1S/C26H31IO3/c1-25-12-10-19(30-24(29)16-4-3-5-18(27)14-16)15-17(25)6-7-20-21-8-9-23(28)26(21,2)13-11-22(20)25/h3-5,11,14,17,19-21H,6-10,12-13,15H2,1-2H3/t17-,19+,20-,21-,25-,26-/m0/s1. The van der Waals surface area contributed by atoms with Gasteiger partial charge in [-0.15, -0.1) is 0 Å². The molecule has 0 bridgehead atoms. The third kappa shape index (κ3) is 3.20. The molecule has 1 aromatic carbocycles. The fraction of sp³-hybridized carbons (Fsp3) is 0.615. The van der Waals surface area contributed by atoms with E-state index in [1.165, 1.54) is 12.8 Å². The molecule has 1 aromatic rings. The van der Waals surface area contributed by atoms with E-state index in [-0.39, 0.29) is 22.9 Å². The van der Waals surface area contributed by atoms with Crippen LogP contribution in [0.1, 0.15) is 75.6 Å². The summed E-state index contributed by atoms with van der Waals surface area (Å²) in [5.41, 5.74) is 2.38. The SMILES string of the molecule is C[C@]12CC[C@@H](OC(=O)c3cccc(I)c3)C[C@@H]1CC[C@@H]1C2=CC[C@]2(C)C(=O)CC[C@@H]12. The van der Waals surface area contributed by atoms with Crippen LogP contribution in [0.4, 0.5) is 0 Å². The first kappa shape index (κ1) is 20.7. The van der Waals surface area contributed by atoms with E-state index in [0.29, 0.717) is 29.1 Å². The van der Waals surface area contributed by atoms with Crippen LogP contribution in [0, 0.1) is 32.2 Å². The van der Waals surface area contributed by atoms with Gasteiger partial charge >= 0.3 is 5.97 Å². The first-order valence-corrected chi connectivity index (χ1v) is 12.6. The predicted molar refractivity (Wildman–Crippen MR) is 125 cm³/mol. The zero-order chi connectivity index (χ0) is 21.1. The topological polar surface area (TPSA) is 43.4 Å². The van der Waals surface area contributed by atoms with Gasteiger partial charge in [0.25, 0.3) is 0 Å². The second-order valence-corrected chi connectivity index (χ2v) is 11.7. The summed E-state index contributed by atoms with van der Waals surface area (Å²) in [6, 6.07) is 7.64. The molecule has 6 atom stereocenters. The van der Waals surface area contributed by atoms with Gasteiger partial charge in [0, 0.05) is 15.4 Å². The van der Waals surface area contributed by atoms with E-state index in [2.05, 4.69) is 42.5 Å². The Morgan fingerprint density at radius 1 is 1.13 bits per heavy atom. The van der Waals surface area contributed by atoms with E-state index in [0.717, 1.165) is 42.1 Å². The van der Waals surface area contributed by atoms with Gasteiger partial charge in [0.05, 0.1) is 5.56 Å². The van der Waals surface area contributed by atoms with E-state index in [9.17, 15) is 9.59 Å². The molecule has 0 aliphatic heterocycles. The number of halogens is 1. The van der Waals surface area contributed by atoms with Crippen molar-refractivity contribution in [3.8, 4) is 0 Å². The number of ketones is 1. The maximum atomic E-state index is 12.7. The van der Waals surface area contributed by atoms with E-state index < -0.39 is 0 Å². The molecular weight excluding hydrogens is 487 g/mol. The summed E-state index contributed by atoms with van der Waals surface area (Å²) < 4.78 is 7.01. The minimum atomic E-state index is -0.187. The summed E-state index contributed by atoms with van der Waals surface area (Å²) >= 11 is 2.23. The number of hydrogen-bond donors (Lipinski definition) is 0. The van der Waals surface area contributed by atoms with Crippen LogP contribution >= 0.6 is 22.6 Å². The van der Waals surface area contributed by atoms with Crippen LogP contribution in [-0.4, -0.2) is 17.9 Å². The number of hydrogen-bond acceptors (Lipinski definition) is 3. The van der Waals surface area contributed by atoms with E-state index >= 15 is 0 Å². The first-order valence-electron chi connectivity index (χ1n) is 11.5. The Bertz CT molecular complexity index is 921. The minimum Gasteiger partial charge on any atom is -0.459 e. The van der Waals surface area contributed by atoms with Crippen LogP contribution in [0.2, 0.25) is 0 Å². The lowest BCUT2D eigenvalue weighted by Gasteiger charge is -2.56. The largest absolute Gasteiger partial charge is 0.459 e. The van der Waals surface area contributed by atoms with Crippen LogP contribution in [0.3, 0.4) is 0 Å². The highest BCUT2D eigenvalue weighted by Gasteiger charge is 2.57. The van der Waals surface area contributed by atoms with Gasteiger partial charge in [0.2, 0.25) is 0 Å².